The molecular weight excluding hydrogens is 520 g/mol. The van der Waals surface area contributed by atoms with Crippen LogP contribution < -0.4 is 5.73 Å². The van der Waals surface area contributed by atoms with Crippen molar-refractivity contribution in [1.82, 2.24) is 4.90 Å². The van der Waals surface area contributed by atoms with E-state index < -0.39 is 11.7 Å². The van der Waals surface area contributed by atoms with Crippen molar-refractivity contribution in [3.8, 4) is 0 Å². The lowest BCUT2D eigenvalue weighted by atomic mass is 9.88. The Morgan fingerprint density at radius 1 is 1.21 bits per heavy atom. The number of amides is 1. The van der Waals surface area contributed by atoms with E-state index in [-0.39, 0.29) is 5.60 Å². The molecule has 0 atom stereocenters. The van der Waals surface area contributed by atoms with Crippen molar-refractivity contribution in [3.63, 3.8) is 0 Å². The fourth-order valence-corrected chi connectivity index (χ4v) is 4.50. The number of carbonyl (C=O) groups is 1. The van der Waals surface area contributed by atoms with Crippen LogP contribution in [0.1, 0.15) is 80.1 Å². The highest BCUT2D eigenvalue weighted by molar-refractivity contribution is 9.11. The second-order valence-electron chi connectivity index (χ2n) is 10.4. The SMILES string of the molecule is C=N/C(Br)=C1/C(Cl)=NC=C(CC(=C)OC(C)(C)C)N1CC1CCCCC1.CC(C)(C)OC(N)=O. The third kappa shape index (κ3) is 11.6. The van der Waals surface area contributed by atoms with Crippen LogP contribution in [0.2, 0.25) is 0 Å². The minimum absolute atomic E-state index is 0.274. The normalized spacial score (nSPS) is 18.6. The first-order valence-electron chi connectivity index (χ1n) is 11.5. The number of aliphatic imine (C=N–C) groups is 2. The van der Waals surface area contributed by atoms with Crippen LogP contribution in [0.3, 0.4) is 0 Å². The number of primary amides is 1. The van der Waals surface area contributed by atoms with Gasteiger partial charge in [0.05, 0.1) is 5.76 Å². The Labute approximate surface area is 218 Å². The largest absolute Gasteiger partial charge is 0.493 e. The van der Waals surface area contributed by atoms with Gasteiger partial charge in [-0.05, 0) is 82.9 Å². The Hall–Kier alpha value is -1.80. The predicted molar refractivity (Wildman–Crippen MR) is 145 cm³/mol. The Morgan fingerprint density at radius 2 is 1.76 bits per heavy atom. The van der Waals surface area contributed by atoms with Crippen molar-refractivity contribution >= 4 is 45.5 Å². The Balaban J connectivity index is 0.000000620. The van der Waals surface area contributed by atoms with E-state index in [4.69, 9.17) is 22.1 Å². The van der Waals surface area contributed by atoms with E-state index in [1.54, 1.807) is 20.8 Å². The van der Waals surface area contributed by atoms with Gasteiger partial charge in [0.1, 0.15) is 21.5 Å². The number of ether oxygens (including phenoxy) is 2. The highest BCUT2D eigenvalue weighted by atomic mass is 79.9. The number of carbonyl (C=O) groups excluding carboxylic acids is 1. The van der Waals surface area contributed by atoms with E-state index >= 15 is 0 Å². The number of allylic oxidation sites excluding steroid dienone is 1. The molecule has 0 aromatic carbocycles. The van der Waals surface area contributed by atoms with Crippen molar-refractivity contribution in [2.24, 2.45) is 21.6 Å². The molecule has 1 heterocycles. The summed E-state index contributed by atoms with van der Waals surface area (Å²) in [5, 5.41) is 0.422. The van der Waals surface area contributed by atoms with Gasteiger partial charge in [0.25, 0.3) is 0 Å². The number of hydrogen-bond acceptors (Lipinski definition) is 6. The summed E-state index contributed by atoms with van der Waals surface area (Å²) in [6, 6.07) is 0. The van der Waals surface area contributed by atoms with Crippen molar-refractivity contribution in [3.05, 3.63) is 34.5 Å². The molecule has 0 aromatic rings. The highest BCUT2D eigenvalue weighted by Crippen LogP contribution is 2.34. The van der Waals surface area contributed by atoms with Crippen molar-refractivity contribution in [2.75, 3.05) is 6.54 Å². The number of rotatable bonds is 6. The molecule has 0 bridgehead atoms. The lowest BCUT2D eigenvalue weighted by Gasteiger charge is -2.36. The van der Waals surface area contributed by atoms with Crippen LogP contribution in [-0.2, 0) is 9.47 Å². The first-order valence-corrected chi connectivity index (χ1v) is 12.7. The summed E-state index contributed by atoms with van der Waals surface area (Å²) < 4.78 is 11.1. The van der Waals surface area contributed by atoms with Gasteiger partial charge in [-0.3, -0.25) is 4.99 Å². The second-order valence-corrected chi connectivity index (χ2v) is 11.5. The van der Waals surface area contributed by atoms with Gasteiger partial charge >= 0.3 is 6.09 Å². The fraction of sp³-hybridized carbons (Fsp3) is 0.640. The van der Waals surface area contributed by atoms with Crippen LogP contribution in [0.15, 0.2) is 44.5 Å². The number of halogens is 2. The van der Waals surface area contributed by atoms with E-state index in [9.17, 15) is 4.79 Å². The van der Waals surface area contributed by atoms with E-state index in [2.05, 4.69) is 48.8 Å². The van der Waals surface area contributed by atoms with Crippen LogP contribution in [-0.4, -0.2) is 40.6 Å². The second kappa shape index (κ2) is 13.3. The molecule has 2 N–H and O–H groups in total. The molecule has 9 heteroatoms. The van der Waals surface area contributed by atoms with Gasteiger partial charge in [0, 0.05) is 24.9 Å². The van der Waals surface area contributed by atoms with Gasteiger partial charge in [0.2, 0.25) is 0 Å². The van der Waals surface area contributed by atoms with Crippen molar-refractivity contribution < 1.29 is 14.3 Å². The first-order chi connectivity index (χ1) is 15.6. The molecule has 0 spiro atoms. The van der Waals surface area contributed by atoms with Crippen LogP contribution in [0, 0.1) is 5.92 Å². The van der Waals surface area contributed by atoms with Crippen LogP contribution in [0.5, 0.6) is 0 Å². The minimum Gasteiger partial charge on any atom is -0.493 e. The molecule has 0 aromatic heterocycles. The standard InChI is InChI=1S/C20H29BrClN3O.C5H11NO2/c1-14(26-20(2,3)4)11-16-12-24-19(22)17(18(21)23-5)25(16)13-15-9-7-6-8-10-15;1-5(2,3)8-4(6)7/h12,15H,1,5-11,13H2,2-4H3;1-3H3,(H2,6,7)/b18-17-;. The topological polar surface area (TPSA) is 89.5 Å². The van der Waals surface area contributed by atoms with Crippen molar-refractivity contribution in [1.29, 1.82) is 0 Å². The van der Waals surface area contributed by atoms with E-state index in [1.807, 2.05) is 27.0 Å². The maximum absolute atomic E-state index is 10.0. The molecule has 1 aliphatic heterocycles. The van der Waals surface area contributed by atoms with E-state index in [1.165, 1.54) is 32.1 Å². The number of hydrogen-bond donors (Lipinski definition) is 1. The minimum atomic E-state index is -0.725. The third-order valence-electron chi connectivity index (χ3n) is 4.87. The lowest BCUT2D eigenvalue weighted by molar-refractivity contribution is 0.0484. The van der Waals surface area contributed by atoms with Gasteiger partial charge in [-0.15, -0.1) is 0 Å². The van der Waals surface area contributed by atoms with E-state index in [0.717, 1.165) is 17.9 Å². The summed E-state index contributed by atoms with van der Waals surface area (Å²) in [4.78, 5) is 20.6. The maximum atomic E-state index is 10.0. The fourth-order valence-electron chi connectivity index (χ4n) is 3.74. The average molecular weight is 560 g/mol. The summed E-state index contributed by atoms with van der Waals surface area (Å²) in [5.41, 5.74) is 5.78. The molecule has 1 amide bonds. The van der Waals surface area contributed by atoms with Gasteiger partial charge in [0.15, 0.2) is 5.17 Å². The lowest BCUT2D eigenvalue weighted by Crippen LogP contribution is -2.34. The molecule has 0 unspecified atom stereocenters. The molecular formula is C25H40BrClN4O3. The molecule has 1 aliphatic carbocycles. The molecule has 0 saturated heterocycles. The highest BCUT2D eigenvalue weighted by Gasteiger charge is 2.29. The monoisotopic (exact) mass is 558 g/mol. The molecule has 0 radical (unpaired) electrons. The van der Waals surface area contributed by atoms with Crippen LogP contribution >= 0.6 is 27.5 Å². The summed E-state index contributed by atoms with van der Waals surface area (Å²) >= 11 is 9.90. The summed E-state index contributed by atoms with van der Waals surface area (Å²) in [7, 11) is 0. The van der Waals surface area contributed by atoms with E-state index in [0.29, 0.717) is 27.9 Å². The molecule has 2 aliphatic rings. The van der Waals surface area contributed by atoms with Gasteiger partial charge < -0.3 is 20.1 Å². The first kappa shape index (κ1) is 30.2. The third-order valence-corrected chi connectivity index (χ3v) is 5.78. The smallest absolute Gasteiger partial charge is 0.405 e. The summed E-state index contributed by atoms with van der Waals surface area (Å²) in [6.45, 7) is 20.0. The molecule has 34 heavy (non-hydrogen) atoms. The number of nitrogens with two attached hydrogens (primary N) is 1. The van der Waals surface area contributed by atoms with Crippen LogP contribution in [0.4, 0.5) is 4.79 Å². The molecule has 1 saturated carbocycles. The zero-order valence-electron chi connectivity index (χ0n) is 21.4. The average Bonchev–Trinajstić information content (AvgIpc) is 2.67. The molecule has 2 rings (SSSR count). The predicted octanol–water partition coefficient (Wildman–Crippen LogP) is 7.22. The molecule has 7 nitrogen and oxygen atoms in total. The molecule has 1 fully saturated rings. The quantitative estimate of drug-likeness (QED) is 0.211. The molecule has 192 valence electrons. The Bertz CT molecular complexity index is 832. The van der Waals surface area contributed by atoms with Crippen molar-refractivity contribution in [2.45, 2.75) is 91.3 Å². The Morgan fingerprint density at radius 3 is 2.21 bits per heavy atom. The van der Waals surface area contributed by atoms with Gasteiger partial charge in [-0.1, -0.05) is 37.4 Å². The Kier molecular flexibility index (Phi) is 11.9. The zero-order chi connectivity index (χ0) is 26.1. The number of nitrogens with zero attached hydrogens (tertiary/aromatic N) is 3. The maximum Gasteiger partial charge on any atom is 0.405 e. The van der Waals surface area contributed by atoms with Gasteiger partial charge in [-0.2, -0.15) is 0 Å². The zero-order valence-corrected chi connectivity index (χ0v) is 23.8. The van der Waals surface area contributed by atoms with Crippen LogP contribution in [0.25, 0.3) is 0 Å². The van der Waals surface area contributed by atoms with Gasteiger partial charge in [-0.25, -0.2) is 9.79 Å². The summed E-state index contributed by atoms with van der Waals surface area (Å²) in [6.07, 6.45) is 8.07. The summed E-state index contributed by atoms with van der Waals surface area (Å²) in [5.74, 6) is 1.35.